The summed E-state index contributed by atoms with van der Waals surface area (Å²) in [5.41, 5.74) is 1.60. The van der Waals surface area contributed by atoms with Gasteiger partial charge in [-0.2, -0.15) is 0 Å². The summed E-state index contributed by atoms with van der Waals surface area (Å²) in [6.07, 6.45) is 3.35. The van der Waals surface area contributed by atoms with Gasteiger partial charge in [-0.05, 0) is 6.07 Å². The Kier molecular flexibility index (Phi) is 3.43. The van der Waals surface area contributed by atoms with Crippen LogP contribution in [-0.4, -0.2) is 17.0 Å². The van der Waals surface area contributed by atoms with Crippen LogP contribution in [0, 0.1) is 0 Å². The monoisotopic (exact) mass is 245 g/mol. The van der Waals surface area contributed by atoms with Gasteiger partial charge in [0.2, 0.25) is 5.91 Å². The van der Waals surface area contributed by atoms with Gasteiger partial charge < -0.3 is 14.8 Å². The molecule has 1 aromatic heterocycles. The van der Waals surface area contributed by atoms with E-state index in [4.69, 9.17) is 9.52 Å². The third-order valence-electron chi connectivity index (χ3n) is 2.39. The standard InChI is InChI=1S/C13H11NO4/c15-12(5-6-13(16)17)14-7-9-8-18-11-4-2-1-3-10(9)11/h1-6,8H,7H2,(H,14,15)(H,16,17)/b6-5+. The Morgan fingerprint density at radius 1 is 1.28 bits per heavy atom. The van der Waals surface area contributed by atoms with Crippen LogP contribution >= 0.6 is 0 Å². The minimum atomic E-state index is -1.15. The van der Waals surface area contributed by atoms with E-state index in [9.17, 15) is 9.59 Å². The van der Waals surface area contributed by atoms with Crippen LogP contribution in [0.25, 0.3) is 11.0 Å². The largest absolute Gasteiger partial charge is 0.478 e. The lowest BCUT2D eigenvalue weighted by atomic mass is 10.2. The van der Waals surface area contributed by atoms with Crippen molar-refractivity contribution in [2.45, 2.75) is 6.54 Å². The van der Waals surface area contributed by atoms with Gasteiger partial charge in [0.15, 0.2) is 0 Å². The van der Waals surface area contributed by atoms with Gasteiger partial charge in [0.1, 0.15) is 5.58 Å². The Bertz CT molecular complexity index is 612. The number of hydrogen-bond acceptors (Lipinski definition) is 3. The summed E-state index contributed by atoms with van der Waals surface area (Å²) in [6, 6.07) is 7.48. The molecule has 0 saturated carbocycles. The Labute approximate surface area is 103 Å². The summed E-state index contributed by atoms with van der Waals surface area (Å²) >= 11 is 0. The number of amides is 1. The van der Waals surface area contributed by atoms with Crippen LogP contribution in [0.15, 0.2) is 47.1 Å². The number of rotatable bonds is 4. The lowest BCUT2D eigenvalue weighted by Gasteiger charge is -1.99. The summed E-state index contributed by atoms with van der Waals surface area (Å²) in [7, 11) is 0. The fourth-order valence-electron chi connectivity index (χ4n) is 1.56. The van der Waals surface area contributed by atoms with Crippen LogP contribution in [-0.2, 0) is 16.1 Å². The van der Waals surface area contributed by atoms with Crippen molar-refractivity contribution < 1.29 is 19.1 Å². The normalized spacial score (nSPS) is 10.9. The van der Waals surface area contributed by atoms with E-state index in [1.165, 1.54) is 0 Å². The van der Waals surface area contributed by atoms with E-state index in [2.05, 4.69) is 5.32 Å². The topological polar surface area (TPSA) is 79.5 Å². The number of carboxylic acid groups (broad SMARTS) is 1. The highest BCUT2D eigenvalue weighted by atomic mass is 16.4. The van der Waals surface area contributed by atoms with E-state index >= 15 is 0 Å². The summed E-state index contributed by atoms with van der Waals surface area (Å²) in [5, 5.41) is 11.9. The number of hydrogen-bond donors (Lipinski definition) is 2. The first-order valence-corrected chi connectivity index (χ1v) is 5.31. The first kappa shape index (κ1) is 11.9. The summed E-state index contributed by atoms with van der Waals surface area (Å²) < 4.78 is 5.32. The smallest absolute Gasteiger partial charge is 0.328 e. The molecule has 1 heterocycles. The number of para-hydroxylation sites is 1. The van der Waals surface area contributed by atoms with E-state index in [1.807, 2.05) is 24.3 Å². The van der Waals surface area contributed by atoms with Crippen molar-refractivity contribution in [2.75, 3.05) is 0 Å². The average Bonchev–Trinajstić information content (AvgIpc) is 2.77. The van der Waals surface area contributed by atoms with Crippen molar-refractivity contribution in [3.63, 3.8) is 0 Å². The Hall–Kier alpha value is -2.56. The highest BCUT2D eigenvalue weighted by Crippen LogP contribution is 2.20. The third-order valence-corrected chi connectivity index (χ3v) is 2.39. The van der Waals surface area contributed by atoms with Crippen LogP contribution in [0.4, 0.5) is 0 Å². The molecule has 0 spiro atoms. The number of benzene rings is 1. The Morgan fingerprint density at radius 2 is 2.06 bits per heavy atom. The SMILES string of the molecule is O=C(O)/C=C/C(=O)NCc1coc2ccccc12. The zero-order chi connectivity index (χ0) is 13.0. The van der Waals surface area contributed by atoms with Crippen LogP contribution in [0.3, 0.4) is 0 Å². The van der Waals surface area contributed by atoms with Crippen molar-refractivity contribution in [3.05, 3.63) is 48.2 Å². The van der Waals surface area contributed by atoms with Crippen molar-refractivity contribution in [3.8, 4) is 0 Å². The van der Waals surface area contributed by atoms with E-state index in [1.54, 1.807) is 6.26 Å². The maximum absolute atomic E-state index is 11.3. The van der Waals surface area contributed by atoms with Gasteiger partial charge in [-0.25, -0.2) is 4.79 Å². The van der Waals surface area contributed by atoms with Crippen LogP contribution in [0.2, 0.25) is 0 Å². The molecular weight excluding hydrogens is 234 g/mol. The van der Waals surface area contributed by atoms with Crippen LogP contribution in [0.1, 0.15) is 5.56 Å². The van der Waals surface area contributed by atoms with Gasteiger partial charge in [0, 0.05) is 29.6 Å². The lowest BCUT2D eigenvalue weighted by molar-refractivity contribution is -0.131. The quantitative estimate of drug-likeness (QED) is 0.803. The molecule has 5 heteroatoms. The number of carbonyl (C=O) groups excluding carboxylic acids is 1. The highest BCUT2D eigenvalue weighted by molar-refractivity contribution is 5.94. The first-order valence-electron chi connectivity index (χ1n) is 5.31. The minimum absolute atomic E-state index is 0.291. The molecule has 0 aliphatic heterocycles. The zero-order valence-corrected chi connectivity index (χ0v) is 9.42. The second-order valence-electron chi connectivity index (χ2n) is 3.65. The zero-order valence-electron chi connectivity index (χ0n) is 9.42. The Morgan fingerprint density at radius 3 is 2.83 bits per heavy atom. The molecule has 2 rings (SSSR count). The second kappa shape index (κ2) is 5.18. The molecule has 1 aromatic carbocycles. The number of furan rings is 1. The molecule has 2 aromatic rings. The van der Waals surface area contributed by atoms with Crippen LogP contribution in [0.5, 0.6) is 0 Å². The van der Waals surface area contributed by atoms with E-state index < -0.39 is 11.9 Å². The number of carboxylic acids is 1. The molecule has 2 N–H and O–H groups in total. The van der Waals surface area contributed by atoms with Gasteiger partial charge in [0.25, 0.3) is 0 Å². The molecule has 0 aliphatic carbocycles. The number of fused-ring (bicyclic) bond motifs is 1. The maximum Gasteiger partial charge on any atom is 0.328 e. The number of nitrogens with one attached hydrogen (secondary N) is 1. The van der Waals surface area contributed by atoms with Gasteiger partial charge in [-0.1, -0.05) is 18.2 Å². The van der Waals surface area contributed by atoms with Gasteiger partial charge in [-0.3, -0.25) is 4.79 Å². The molecule has 0 atom stereocenters. The maximum atomic E-state index is 11.3. The molecule has 0 saturated heterocycles. The molecule has 0 fully saturated rings. The predicted octanol–water partition coefficient (Wildman–Crippen LogP) is 1.69. The molecule has 0 aliphatic rings. The first-order chi connectivity index (χ1) is 8.66. The average molecular weight is 245 g/mol. The highest BCUT2D eigenvalue weighted by Gasteiger charge is 2.05. The molecule has 1 amide bonds. The lowest BCUT2D eigenvalue weighted by Crippen LogP contribution is -2.20. The van der Waals surface area contributed by atoms with Crippen molar-refractivity contribution >= 4 is 22.8 Å². The summed E-state index contributed by atoms with van der Waals surface area (Å²) in [5.74, 6) is -1.61. The van der Waals surface area contributed by atoms with E-state index in [0.717, 1.165) is 28.7 Å². The van der Waals surface area contributed by atoms with E-state index in [0.29, 0.717) is 6.54 Å². The van der Waals surface area contributed by atoms with E-state index in [-0.39, 0.29) is 0 Å². The molecule has 0 unspecified atom stereocenters. The molecule has 0 bridgehead atoms. The summed E-state index contributed by atoms with van der Waals surface area (Å²) in [6.45, 7) is 0.291. The number of aliphatic carboxylic acids is 1. The van der Waals surface area contributed by atoms with Crippen molar-refractivity contribution in [2.24, 2.45) is 0 Å². The molecular formula is C13H11NO4. The van der Waals surface area contributed by atoms with Crippen molar-refractivity contribution in [1.82, 2.24) is 5.32 Å². The fourth-order valence-corrected chi connectivity index (χ4v) is 1.56. The van der Waals surface area contributed by atoms with Crippen molar-refractivity contribution in [1.29, 1.82) is 0 Å². The molecule has 0 radical (unpaired) electrons. The second-order valence-corrected chi connectivity index (χ2v) is 3.65. The minimum Gasteiger partial charge on any atom is -0.478 e. The fraction of sp³-hybridized carbons (Fsp3) is 0.0769. The molecule has 5 nitrogen and oxygen atoms in total. The van der Waals surface area contributed by atoms with Gasteiger partial charge in [-0.15, -0.1) is 0 Å². The number of carbonyl (C=O) groups is 2. The van der Waals surface area contributed by atoms with Gasteiger partial charge in [0.05, 0.1) is 6.26 Å². The van der Waals surface area contributed by atoms with Gasteiger partial charge >= 0.3 is 5.97 Å². The van der Waals surface area contributed by atoms with Crippen LogP contribution < -0.4 is 5.32 Å². The molecule has 92 valence electrons. The third kappa shape index (κ3) is 2.76. The molecule has 18 heavy (non-hydrogen) atoms. The Balaban J connectivity index is 2.02. The predicted molar refractivity (Wildman–Crippen MR) is 64.8 cm³/mol. The summed E-state index contributed by atoms with van der Waals surface area (Å²) in [4.78, 5) is 21.5.